The summed E-state index contributed by atoms with van der Waals surface area (Å²) in [4.78, 5) is 14.0. The van der Waals surface area contributed by atoms with Crippen LogP contribution in [0.2, 0.25) is 0 Å². The van der Waals surface area contributed by atoms with Crippen LogP contribution in [-0.2, 0) is 4.74 Å². The van der Waals surface area contributed by atoms with Crippen molar-refractivity contribution in [1.82, 2.24) is 4.90 Å². The van der Waals surface area contributed by atoms with E-state index in [0.717, 1.165) is 0 Å². The zero-order valence-electron chi connectivity index (χ0n) is 12.2. The Bertz CT molecular complexity index is 520. The Hall–Kier alpha value is -2.15. The molecule has 0 atom stereocenters. The number of aryl methyl sites for hydroxylation is 1. The number of oxime groups is 1. The highest BCUT2D eigenvalue weighted by molar-refractivity contribution is 5.96. The zero-order chi connectivity index (χ0) is 15.8. The maximum atomic E-state index is 13.1. The Kier molecular flexibility index (Phi) is 6.61. The third-order valence-corrected chi connectivity index (χ3v) is 3.04. The van der Waals surface area contributed by atoms with Crippen LogP contribution in [0.3, 0.4) is 0 Å². The van der Waals surface area contributed by atoms with Crippen LogP contribution in [0.15, 0.2) is 23.4 Å². The first kappa shape index (κ1) is 16.9. The van der Waals surface area contributed by atoms with Crippen molar-refractivity contribution in [1.29, 1.82) is 0 Å². The Morgan fingerprint density at radius 1 is 1.48 bits per heavy atom. The molecule has 1 aromatic rings. The molecule has 0 bridgehead atoms. The van der Waals surface area contributed by atoms with Gasteiger partial charge in [0, 0.05) is 32.2 Å². The highest BCUT2D eigenvalue weighted by Crippen LogP contribution is 2.13. The predicted molar refractivity (Wildman–Crippen MR) is 76.9 cm³/mol. The molecule has 0 aromatic heterocycles. The maximum Gasteiger partial charge on any atom is 0.254 e. The van der Waals surface area contributed by atoms with Crippen LogP contribution in [0.25, 0.3) is 0 Å². The average Bonchev–Trinajstić information content (AvgIpc) is 2.46. The van der Waals surface area contributed by atoms with E-state index < -0.39 is 0 Å². The van der Waals surface area contributed by atoms with Gasteiger partial charge in [-0.1, -0.05) is 5.16 Å². The number of rotatable bonds is 7. The van der Waals surface area contributed by atoms with Gasteiger partial charge >= 0.3 is 0 Å². The van der Waals surface area contributed by atoms with E-state index in [1.807, 2.05) is 0 Å². The van der Waals surface area contributed by atoms with E-state index in [-0.39, 0.29) is 30.5 Å². The average molecular weight is 297 g/mol. The van der Waals surface area contributed by atoms with Crippen LogP contribution in [0, 0.1) is 12.7 Å². The van der Waals surface area contributed by atoms with Crippen molar-refractivity contribution in [2.75, 3.05) is 26.8 Å². The minimum atomic E-state index is -0.385. The summed E-state index contributed by atoms with van der Waals surface area (Å²) in [6.45, 7) is 2.69. The van der Waals surface area contributed by atoms with Crippen LogP contribution in [0.4, 0.5) is 4.39 Å². The smallest absolute Gasteiger partial charge is 0.254 e. The quantitative estimate of drug-likeness (QED) is 0.344. The second-order valence-electron chi connectivity index (χ2n) is 4.59. The highest BCUT2D eigenvalue weighted by atomic mass is 19.1. The molecule has 1 amide bonds. The van der Waals surface area contributed by atoms with E-state index in [1.54, 1.807) is 6.92 Å². The van der Waals surface area contributed by atoms with Gasteiger partial charge in [0.05, 0.1) is 6.61 Å². The molecule has 0 saturated heterocycles. The van der Waals surface area contributed by atoms with Gasteiger partial charge in [0.25, 0.3) is 5.91 Å². The molecular formula is C14H20FN3O3. The highest BCUT2D eigenvalue weighted by Gasteiger charge is 2.18. The van der Waals surface area contributed by atoms with E-state index in [9.17, 15) is 9.18 Å². The lowest BCUT2D eigenvalue weighted by Gasteiger charge is -2.23. The number of ether oxygens (including phenoxy) is 1. The molecule has 0 fully saturated rings. The summed E-state index contributed by atoms with van der Waals surface area (Å²) in [5.41, 5.74) is 6.40. The number of hydrogen-bond donors (Lipinski definition) is 2. The number of halogens is 1. The van der Waals surface area contributed by atoms with Gasteiger partial charge in [0.15, 0.2) is 0 Å². The van der Waals surface area contributed by atoms with E-state index in [2.05, 4.69) is 5.16 Å². The summed E-state index contributed by atoms with van der Waals surface area (Å²) >= 11 is 0. The van der Waals surface area contributed by atoms with Gasteiger partial charge in [-0.3, -0.25) is 4.79 Å². The molecule has 7 heteroatoms. The number of amidine groups is 1. The van der Waals surface area contributed by atoms with Crippen LogP contribution < -0.4 is 5.73 Å². The molecule has 0 aliphatic carbocycles. The van der Waals surface area contributed by atoms with Crippen molar-refractivity contribution in [3.8, 4) is 0 Å². The molecule has 116 valence electrons. The van der Waals surface area contributed by atoms with E-state index in [4.69, 9.17) is 15.7 Å². The number of amides is 1. The van der Waals surface area contributed by atoms with Crippen molar-refractivity contribution >= 4 is 11.7 Å². The SMILES string of the molecule is COCCN(CC/C(N)=N/O)C(=O)c1ccc(F)cc1C. The minimum absolute atomic E-state index is 0.0426. The Labute approximate surface area is 123 Å². The Balaban J connectivity index is 2.87. The van der Waals surface area contributed by atoms with Crippen molar-refractivity contribution in [2.45, 2.75) is 13.3 Å². The monoisotopic (exact) mass is 297 g/mol. The number of benzene rings is 1. The molecule has 0 spiro atoms. The molecule has 0 aliphatic rings. The van der Waals surface area contributed by atoms with Gasteiger partial charge in [-0.15, -0.1) is 0 Å². The van der Waals surface area contributed by atoms with Crippen molar-refractivity contribution in [2.24, 2.45) is 10.9 Å². The van der Waals surface area contributed by atoms with Crippen molar-refractivity contribution in [3.63, 3.8) is 0 Å². The first-order valence-electron chi connectivity index (χ1n) is 6.50. The summed E-state index contributed by atoms with van der Waals surface area (Å²) in [6, 6.07) is 4.01. The lowest BCUT2D eigenvalue weighted by molar-refractivity contribution is 0.0700. The number of nitrogens with zero attached hydrogens (tertiary/aromatic N) is 2. The molecule has 0 aliphatic heterocycles. The van der Waals surface area contributed by atoms with Crippen molar-refractivity contribution in [3.05, 3.63) is 35.1 Å². The first-order valence-corrected chi connectivity index (χ1v) is 6.50. The Morgan fingerprint density at radius 3 is 2.76 bits per heavy atom. The largest absolute Gasteiger partial charge is 0.409 e. The topological polar surface area (TPSA) is 88.2 Å². The van der Waals surface area contributed by atoms with E-state index in [1.165, 1.54) is 30.2 Å². The normalized spacial score (nSPS) is 11.5. The molecule has 6 nitrogen and oxygen atoms in total. The van der Waals surface area contributed by atoms with E-state index >= 15 is 0 Å². The first-order chi connectivity index (χ1) is 9.99. The molecule has 0 heterocycles. The lowest BCUT2D eigenvalue weighted by atomic mass is 10.1. The van der Waals surface area contributed by atoms with Gasteiger partial charge in [-0.2, -0.15) is 0 Å². The summed E-state index contributed by atoms with van der Waals surface area (Å²) in [5.74, 6) is -0.583. The standard InChI is InChI=1S/C14H20FN3O3/c1-10-9-11(15)3-4-12(10)14(19)18(7-8-21-2)6-5-13(16)17-20/h3-4,9,20H,5-8H2,1-2H3,(H2,16,17). The molecule has 1 aromatic carbocycles. The number of hydrogen-bond acceptors (Lipinski definition) is 4. The summed E-state index contributed by atoms with van der Waals surface area (Å²) in [7, 11) is 1.54. The van der Waals surface area contributed by atoms with Crippen LogP contribution in [-0.4, -0.2) is 48.7 Å². The van der Waals surface area contributed by atoms with Crippen molar-refractivity contribution < 1.29 is 19.1 Å². The Morgan fingerprint density at radius 2 is 2.19 bits per heavy atom. The molecular weight excluding hydrogens is 277 g/mol. The fourth-order valence-corrected chi connectivity index (χ4v) is 1.85. The molecule has 3 N–H and O–H groups in total. The van der Waals surface area contributed by atoms with Gasteiger partial charge in [-0.25, -0.2) is 4.39 Å². The van der Waals surface area contributed by atoms with Gasteiger partial charge in [0.2, 0.25) is 0 Å². The molecule has 21 heavy (non-hydrogen) atoms. The second kappa shape index (κ2) is 8.21. The molecule has 0 unspecified atom stereocenters. The molecule has 0 saturated carbocycles. The lowest BCUT2D eigenvalue weighted by Crippen LogP contribution is -2.36. The summed E-state index contributed by atoms with van der Waals surface area (Å²) in [6.07, 6.45) is 0.242. The zero-order valence-corrected chi connectivity index (χ0v) is 12.2. The molecule has 1 rings (SSSR count). The number of methoxy groups -OCH3 is 1. The van der Waals surface area contributed by atoms with Crippen LogP contribution in [0.1, 0.15) is 22.3 Å². The fourth-order valence-electron chi connectivity index (χ4n) is 1.85. The summed E-state index contributed by atoms with van der Waals surface area (Å²) in [5, 5.41) is 11.4. The van der Waals surface area contributed by atoms with Gasteiger partial charge in [0.1, 0.15) is 11.7 Å². The van der Waals surface area contributed by atoms with Crippen LogP contribution >= 0.6 is 0 Å². The minimum Gasteiger partial charge on any atom is -0.409 e. The number of carbonyl (C=O) groups excluding carboxylic acids is 1. The summed E-state index contributed by atoms with van der Waals surface area (Å²) < 4.78 is 18.1. The second-order valence-corrected chi connectivity index (χ2v) is 4.59. The maximum absolute atomic E-state index is 13.1. The third kappa shape index (κ3) is 5.03. The fraction of sp³-hybridized carbons (Fsp3) is 0.429. The predicted octanol–water partition coefficient (Wildman–Crippen LogP) is 1.36. The van der Waals surface area contributed by atoms with Gasteiger partial charge in [-0.05, 0) is 30.7 Å². The number of nitrogens with two attached hydrogens (primary N) is 1. The van der Waals surface area contributed by atoms with Crippen LogP contribution in [0.5, 0.6) is 0 Å². The van der Waals surface area contributed by atoms with Gasteiger partial charge < -0.3 is 20.6 Å². The van der Waals surface area contributed by atoms with E-state index in [0.29, 0.717) is 24.3 Å². The third-order valence-electron chi connectivity index (χ3n) is 3.04. The molecule has 0 radical (unpaired) electrons. The number of carbonyl (C=O) groups is 1.